The second-order valence-corrected chi connectivity index (χ2v) is 6.41. The first-order chi connectivity index (χ1) is 11.2. The number of amides is 2. The van der Waals surface area contributed by atoms with Crippen LogP contribution in [0.2, 0.25) is 0 Å². The highest BCUT2D eigenvalue weighted by Crippen LogP contribution is 2.36. The van der Waals surface area contributed by atoms with E-state index in [2.05, 4.69) is 9.97 Å². The smallest absolute Gasteiger partial charge is 0.271 e. The number of methoxy groups -OCH3 is 1. The Kier molecular flexibility index (Phi) is 4.66. The van der Waals surface area contributed by atoms with Gasteiger partial charge in [0.15, 0.2) is 0 Å². The van der Waals surface area contributed by atoms with Gasteiger partial charge in [-0.25, -0.2) is 4.98 Å². The molecule has 1 N–H and O–H groups in total. The van der Waals surface area contributed by atoms with E-state index in [1.54, 1.807) is 13.3 Å². The molecule has 0 aromatic carbocycles. The molecule has 0 radical (unpaired) electrons. The normalized spacial score (nSPS) is 25.2. The van der Waals surface area contributed by atoms with Crippen molar-refractivity contribution in [2.75, 3.05) is 33.4 Å². The molecule has 23 heavy (non-hydrogen) atoms. The van der Waals surface area contributed by atoms with Crippen LogP contribution in [0, 0.1) is 0 Å². The summed E-state index contributed by atoms with van der Waals surface area (Å²) in [4.78, 5) is 35.7. The number of hydrogen-bond acceptors (Lipinski definition) is 4. The number of aromatic amines is 1. The van der Waals surface area contributed by atoms with Crippen LogP contribution < -0.4 is 0 Å². The fraction of sp³-hybridized carbons (Fsp3) is 0.688. The van der Waals surface area contributed by atoms with Gasteiger partial charge in [0.2, 0.25) is 5.91 Å². The van der Waals surface area contributed by atoms with Gasteiger partial charge in [-0.15, -0.1) is 0 Å². The number of hydrogen-bond donors (Lipinski definition) is 1. The van der Waals surface area contributed by atoms with Crippen molar-refractivity contribution in [2.45, 2.75) is 37.6 Å². The van der Waals surface area contributed by atoms with Gasteiger partial charge >= 0.3 is 0 Å². The molecule has 3 rings (SSSR count). The summed E-state index contributed by atoms with van der Waals surface area (Å²) < 4.78 is 5.17. The number of ether oxygens (including phenoxy) is 1. The van der Waals surface area contributed by atoms with Crippen molar-refractivity contribution >= 4 is 11.8 Å². The summed E-state index contributed by atoms with van der Waals surface area (Å²) in [7, 11) is 1.65. The lowest BCUT2D eigenvalue weighted by Crippen LogP contribution is -2.63. The van der Waals surface area contributed by atoms with Gasteiger partial charge in [-0.2, -0.15) is 0 Å². The lowest BCUT2D eigenvalue weighted by Gasteiger charge is -2.52. The Labute approximate surface area is 136 Å². The van der Waals surface area contributed by atoms with Gasteiger partial charge in [-0.1, -0.05) is 0 Å². The van der Waals surface area contributed by atoms with E-state index in [-0.39, 0.29) is 17.4 Å². The average Bonchev–Trinajstić information content (AvgIpc) is 3.08. The van der Waals surface area contributed by atoms with Gasteiger partial charge < -0.3 is 19.5 Å². The van der Waals surface area contributed by atoms with E-state index in [1.807, 2.05) is 9.80 Å². The Hall–Kier alpha value is -1.89. The van der Waals surface area contributed by atoms with Crippen LogP contribution in [0.3, 0.4) is 0 Å². The van der Waals surface area contributed by atoms with Gasteiger partial charge in [0, 0.05) is 33.2 Å². The van der Waals surface area contributed by atoms with E-state index in [9.17, 15) is 9.59 Å². The molecular weight excluding hydrogens is 296 g/mol. The van der Waals surface area contributed by atoms with Crippen LogP contribution in [-0.4, -0.2) is 70.5 Å². The summed E-state index contributed by atoms with van der Waals surface area (Å²) in [5, 5.41) is 0. The van der Waals surface area contributed by atoms with E-state index in [1.165, 1.54) is 6.33 Å². The molecule has 7 heteroatoms. The van der Waals surface area contributed by atoms with Crippen molar-refractivity contribution in [3.63, 3.8) is 0 Å². The number of nitrogens with zero attached hydrogens (tertiary/aromatic N) is 3. The number of rotatable bonds is 4. The Morgan fingerprint density at radius 2 is 2.26 bits per heavy atom. The molecule has 126 valence electrons. The molecule has 3 heterocycles. The van der Waals surface area contributed by atoms with Crippen molar-refractivity contribution in [1.82, 2.24) is 19.8 Å². The van der Waals surface area contributed by atoms with Gasteiger partial charge in [-0.3, -0.25) is 9.59 Å². The first-order valence-electron chi connectivity index (χ1n) is 8.23. The molecule has 2 fully saturated rings. The van der Waals surface area contributed by atoms with E-state index in [0.29, 0.717) is 31.8 Å². The van der Waals surface area contributed by atoms with Crippen molar-refractivity contribution < 1.29 is 14.3 Å². The molecule has 2 saturated heterocycles. The number of carbonyl (C=O) groups excluding carboxylic acids is 2. The molecule has 2 aliphatic rings. The average molecular weight is 320 g/mol. The van der Waals surface area contributed by atoms with Crippen molar-refractivity contribution in [3.8, 4) is 0 Å². The van der Waals surface area contributed by atoms with E-state index in [4.69, 9.17) is 4.74 Å². The maximum absolute atomic E-state index is 12.6. The molecule has 0 bridgehead atoms. The monoisotopic (exact) mass is 320 g/mol. The zero-order valence-corrected chi connectivity index (χ0v) is 13.6. The van der Waals surface area contributed by atoms with Crippen LogP contribution in [0.25, 0.3) is 0 Å². The summed E-state index contributed by atoms with van der Waals surface area (Å²) in [6, 6.07) is 0. The number of aromatic nitrogens is 2. The number of carbonyl (C=O) groups is 2. The summed E-state index contributed by atoms with van der Waals surface area (Å²) in [6.45, 7) is 2.45. The summed E-state index contributed by atoms with van der Waals surface area (Å²) >= 11 is 0. The molecular formula is C16H24N4O3. The highest BCUT2D eigenvalue weighted by Gasteiger charge is 2.45. The SMILES string of the molecule is COCCN1C(=O)CCC[C@]12CCCN(C(=O)c1cnc[nH]1)C2. The molecule has 0 unspecified atom stereocenters. The Morgan fingerprint density at radius 1 is 1.43 bits per heavy atom. The van der Waals surface area contributed by atoms with Crippen LogP contribution in [0.5, 0.6) is 0 Å². The standard InChI is InChI=1S/C16H24N4O3/c1-23-9-8-20-14(21)4-2-5-16(20)6-3-7-19(11-16)15(22)13-10-17-12-18-13/h10,12H,2-9,11H2,1H3,(H,17,18)/t16-/m1/s1. The number of imidazole rings is 1. The lowest BCUT2D eigenvalue weighted by molar-refractivity contribution is -0.146. The summed E-state index contributed by atoms with van der Waals surface area (Å²) in [5.74, 6) is 0.149. The predicted octanol–water partition coefficient (Wildman–Crippen LogP) is 1.04. The van der Waals surface area contributed by atoms with Crippen molar-refractivity contribution in [3.05, 3.63) is 18.2 Å². The predicted molar refractivity (Wildman–Crippen MR) is 83.9 cm³/mol. The van der Waals surface area contributed by atoms with E-state index in [0.717, 1.165) is 32.2 Å². The zero-order valence-electron chi connectivity index (χ0n) is 13.6. The maximum Gasteiger partial charge on any atom is 0.271 e. The molecule has 1 spiro atoms. The second kappa shape index (κ2) is 6.70. The van der Waals surface area contributed by atoms with Gasteiger partial charge in [-0.05, 0) is 25.7 Å². The van der Waals surface area contributed by atoms with Crippen LogP contribution in [0.15, 0.2) is 12.5 Å². The van der Waals surface area contributed by atoms with E-state index >= 15 is 0 Å². The van der Waals surface area contributed by atoms with E-state index < -0.39 is 0 Å². The Morgan fingerprint density at radius 3 is 3.00 bits per heavy atom. The quantitative estimate of drug-likeness (QED) is 0.899. The lowest BCUT2D eigenvalue weighted by atomic mass is 9.79. The molecule has 2 amide bonds. The molecule has 7 nitrogen and oxygen atoms in total. The van der Waals surface area contributed by atoms with Gasteiger partial charge in [0.1, 0.15) is 5.69 Å². The van der Waals surface area contributed by atoms with Crippen LogP contribution in [0.1, 0.15) is 42.6 Å². The minimum atomic E-state index is -0.234. The fourth-order valence-electron chi connectivity index (χ4n) is 3.90. The third-order valence-electron chi connectivity index (χ3n) is 5.00. The van der Waals surface area contributed by atoms with Gasteiger partial charge in [0.05, 0.1) is 24.7 Å². The molecule has 0 aliphatic carbocycles. The third kappa shape index (κ3) is 3.10. The van der Waals surface area contributed by atoms with Crippen molar-refractivity contribution in [1.29, 1.82) is 0 Å². The summed E-state index contributed by atoms with van der Waals surface area (Å²) in [5.41, 5.74) is 0.273. The molecule has 2 aliphatic heterocycles. The first kappa shape index (κ1) is 16.0. The highest BCUT2D eigenvalue weighted by atomic mass is 16.5. The maximum atomic E-state index is 12.6. The Bertz CT molecular complexity index is 556. The largest absolute Gasteiger partial charge is 0.383 e. The van der Waals surface area contributed by atoms with Gasteiger partial charge in [0.25, 0.3) is 5.91 Å². The zero-order chi connectivity index (χ0) is 16.3. The molecule has 0 saturated carbocycles. The summed E-state index contributed by atoms with van der Waals surface area (Å²) in [6.07, 6.45) is 7.38. The topological polar surface area (TPSA) is 78.5 Å². The van der Waals surface area contributed by atoms with Crippen LogP contribution in [0.4, 0.5) is 0 Å². The van der Waals surface area contributed by atoms with Crippen LogP contribution >= 0.6 is 0 Å². The fourth-order valence-corrected chi connectivity index (χ4v) is 3.90. The number of H-pyrrole nitrogens is 1. The number of nitrogens with one attached hydrogen (secondary N) is 1. The van der Waals surface area contributed by atoms with Crippen molar-refractivity contribution in [2.24, 2.45) is 0 Å². The minimum Gasteiger partial charge on any atom is -0.383 e. The minimum absolute atomic E-state index is 0.0358. The highest BCUT2D eigenvalue weighted by molar-refractivity contribution is 5.92. The Balaban J connectivity index is 1.79. The second-order valence-electron chi connectivity index (χ2n) is 6.41. The molecule has 1 atom stereocenters. The number of piperidine rings is 2. The molecule has 1 aromatic rings. The van der Waals surface area contributed by atoms with Crippen LogP contribution in [-0.2, 0) is 9.53 Å². The molecule has 1 aromatic heterocycles. The first-order valence-corrected chi connectivity index (χ1v) is 8.23. The third-order valence-corrected chi connectivity index (χ3v) is 5.00. The number of likely N-dealkylation sites (tertiary alicyclic amines) is 2.